The zero-order valence-electron chi connectivity index (χ0n) is 16.4. The first-order chi connectivity index (χ1) is 13.6. The molecule has 1 aliphatic heterocycles. The number of benzene rings is 2. The van der Waals surface area contributed by atoms with Gasteiger partial charge in [-0.3, -0.25) is 0 Å². The molecule has 1 fully saturated rings. The van der Waals surface area contributed by atoms with E-state index >= 15 is 0 Å². The molecule has 1 saturated heterocycles. The zero-order chi connectivity index (χ0) is 19.5. The number of aliphatic hydroxyl groups excluding tert-OH is 1. The largest absolute Gasteiger partial charge is 0.388 e. The Morgan fingerprint density at radius 2 is 2.00 bits per heavy atom. The zero-order valence-corrected chi connectivity index (χ0v) is 16.4. The minimum atomic E-state index is -0.399. The summed E-state index contributed by atoms with van der Waals surface area (Å²) in [5.74, 6) is -0.174. The highest BCUT2D eigenvalue weighted by Crippen LogP contribution is 2.30. The maximum absolute atomic E-state index is 13.1. The first-order valence-electron chi connectivity index (χ1n) is 10.4. The molecular formula is C24H29FN2O. The van der Waals surface area contributed by atoms with Gasteiger partial charge in [-0.15, -0.1) is 0 Å². The standard InChI is InChI=1S/C24H29FN2O/c1-2-24(28)19-7-6-18-12-14-27(23(18)15-19)22-11-13-26-21(16-22)10-5-17-3-8-20(25)9-4-17/h3-4,6-9,12,14-15,21-22,24,26,28H,2,5,10-11,13,16H2,1H3. The van der Waals surface area contributed by atoms with Gasteiger partial charge in [-0.1, -0.05) is 31.2 Å². The Morgan fingerprint density at radius 3 is 2.79 bits per heavy atom. The van der Waals surface area contributed by atoms with Gasteiger partial charge in [0.25, 0.3) is 0 Å². The predicted octanol–water partition coefficient (Wildman–Crippen LogP) is 5.15. The highest BCUT2D eigenvalue weighted by atomic mass is 19.1. The first kappa shape index (κ1) is 19.2. The van der Waals surface area contributed by atoms with Crippen LogP contribution < -0.4 is 5.32 Å². The molecule has 4 rings (SSSR count). The summed E-state index contributed by atoms with van der Waals surface area (Å²) in [7, 11) is 0. The van der Waals surface area contributed by atoms with E-state index in [-0.39, 0.29) is 5.82 Å². The number of rotatable bonds is 6. The Morgan fingerprint density at radius 1 is 1.18 bits per heavy atom. The van der Waals surface area contributed by atoms with Crippen molar-refractivity contribution in [2.45, 2.75) is 57.2 Å². The van der Waals surface area contributed by atoms with E-state index in [1.807, 2.05) is 25.1 Å². The summed E-state index contributed by atoms with van der Waals surface area (Å²) in [4.78, 5) is 0. The van der Waals surface area contributed by atoms with Crippen molar-refractivity contribution < 1.29 is 9.50 Å². The molecule has 148 valence electrons. The fraction of sp³-hybridized carbons (Fsp3) is 0.417. The average molecular weight is 381 g/mol. The molecule has 3 unspecified atom stereocenters. The highest BCUT2D eigenvalue weighted by molar-refractivity contribution is 5.81. The molecular weight excluding hydrogens is 351 g/mol. The van der Waals surface area contributed by atoms with Crippen molar-refractivity contribution >= 4 is 10.9 Å². The summed E-state index contributed by atoms with van der Waals surface area (Å²) in [6.07, 6.45) is 6.74. The van der Waals surface area contributed by atoms with Crippen LogP contribution in [0.3, 0.4) is 0 Å². The second-order valence-corrected chi connectivity index (χ2v) is 7.96. The number of nitrogens with zero attached hydrogens (tertiary/aromatic N) is 1. The normalized spacial score (nSPS) is 21.1. The van der Waals surface area contributed by atoms with Crippen LogP contribution in [0.5, 0.6) is 0 Å². The van der Waals surface area contributed by atoms with Gasteiger partial charge in [0.1, 0.15) is 5.82 Å². The first-order valence-corrected chi connectivity index (χ1v) is 10.4. The van der Waals surface area contributed by atoms with E-state index in [2.05, 4.69) is 34.3 Å². The molecule has 0 amide bonds. The lowest BCUT2D eigenvalue weighted by Gasteiger charge is -2.32. The van der Waals surface area contributed by atoms with Crippen LogP contribution in [0.2, 0.25) is 0 Å². The van der Waals surface area contributed by atoms with Crippen molar-refractivity contribution in [2.75, 3.05) is 6.54 Å². The molecule has 4 heteroatoms. The van der Waals surface area contributed by atoms with Gasteiger partial charge < -0.3 is 15.0 Å². The SMILES string of the molecule is CCC(O)c1ccc2ccn(C3CCNC(CCc4ccc(F)cc4)C3)c2c1. The second-order valence-electron chi connectivity index (χ2n) is 7.96. The van der Waals surface area contributed by atoms with Crippen molar-refractivity contribution in [3.63, 3.8) is 0 Å². The molecule has 1 aromatic heterocycles. The summed E-state index contributed by atoms with van der Waals surface area (Å²) in [5, 5.41) is 15.1. The Hall–Kier alpha value is -2.17. The third-order valence-corrected chi connectivity index (χ3v) is 6.07. The highest BCUT2D eigenvalue weighted by Gasteiger charge is 2.23. The van der Waals surface area contributed by atoms with Crippen LogP contribution in [0, 0.1) is 5.82 Å². The molecule has 1 aliphatic rings. The van der Waals surface area contributed by atoms with Crippen LogP contribution in [-0.2, 0) is 6.42 Å². The van der Waals surface area contributed by atoms with Gasteiger partial charge in [-0.05, 0) is 79.4 Å². The number of nitrogens with one attached hydrogen (secondary N) is 1. The Kier molecular flexibility index (Phi) is 5.79. The second kappa shape index (κ2) is 8.46. The maximum atomic E-state index is 13.1. The average Bonchev–Trinajstić information content (AvgIpc) is 3.16. The molecule has 3 atom stereocenters. The molecule has 3 nitrogen and oxygen atoms in total. The predicted molar refractivity (Wildman–Crippen MR) is 112 cm³/mol. The number of aryl methyl sites for hydroxylation is 1. The molecule has 2 N–H and O–H groups in total. The van der Waals surface area contributed by atoms with E-state index in [0.29, 0.717) is 12.1 Å². The molecule has 0 aliphatic carbocycles. The summed E-state index contributed by atoms with van der Waals surface area (Å²) in [5.41, 5.74) is 3.40. The summed E-state index contributed by atoms with van der Waals surface area (Å²) < 4.78 is 15.5. The number of aliphatic hydroxyl groups is 1. The topological polar surface area (TPSA) is 37.2 Å². The number of piperidine rings is 1. The lowest BCUT2D eigenvalue weighted by molar-refractivity contribution is 0.174. The minimum Gasteiger partial charge on any atom is -0.388 e. The van der Waals surface area contributed by atoms with Gasteiger partial charge in [0.15, 0.2) is 0 Å². The number of hydrogen-bond donors (Lipinski definition) is 2. The fourth-order valence-corrected chi connectivity index (χ4v) is 4.38. The number of fused-ring (bicyclic) bond motifs is 1. The van der Waals surface area contributed by atoms with Crippen LogP contribution >= 0.6 is 0 Å². The van der Waals surface area contributed by atoms with Gasteiger partial charge >= 0.3 is 0 Å². The van der Waals surface area contributed by atoms with Crippen molar-refractivity contribution in [1.82, 2.24) is 9.88 Å². The van der Waals surface area contributed by atoms with Crippen LogP contribution in [0.4, 0.5) is 4.39 Å². The molecule has 2 heterocycles. The van der Waals surface area contributed by atoms with Crippen LogP contribution in [0.25, 0.3) is 10.9 Å². The molecule has 28 heavy (non-hydrogen) atoms. The Balaban J connectivity index is 1.47. The van der Waals surface area contributed by atoms with E-state index in [1.165, 1.54) is 16.5 Å². The van der Waals surface area contributed by atoms with Gasteiger partial charge in [-0.25, -0.2) is 4.39 Å². The molecule has 0 spiro atoms. The number of halogens is 1. The summed E-state index contributed by atoms with van der Waals surface area (Å²) >= 11 is 0. The lowest BCUT2D eigenvalue weighted by atomic mass is 9.94. The minimum absolute atomic E-state index is 0.174. The monoisotopic (exact) mass is 380 g/mol. The molecule has 0 bridgehead atoms. The van der Waals surface area contributed by atoms with Gasteiger partial charge in [0.2, 0.25) is 0 Å². The van der Waals surface area contributed by atoms with Gasteiger partial charge in [-0.2, -0.15) is 0 Å². The van der Waals surface area contributed by atoms with E-state index in [1.54, 1.807) is 12.1 Å². The smallest absolute Gasteiger partial charge is 0.123 e. The fourth-order valence-electron chi connectivity index (χ4n) is 4.38. The summed E-state index contributed by atoms with van der Waals surface area (Å²) in [6, 6.07) is 16.3. The lowest BCUT2D eigenvalue weighted by Crippen LogP contribution is -2.39. The molecule has 2 aromatic carbocycles. The maximum Gasteiger partial charge on any atom is 0.123 e. The van der Waals surface area contributed by atoms with E-state index in [0.717, 1.165) is 44.2 Å². The van der Waals surface area contributed by atoms with E-state index in [4.69, 9.17) is 0 Å². The number of aromatic nitrogens is 1. The van der Waals surface area contributed by atoms with Crippen molar-refractivity contribution in [2.24, 2.45) is 0 Å². The van der Waals surface area contributed by atoms with Crippen molar-refractivity contribution in [3.8, 4) is 0 Å². The van der Waals surface area contributed by atoms with Crippen LogP contribution in [0.1, 0.15) is 55.9 Å². The Bertz CT molecular complexity index is 918. The van der Waals surface area contributed by atoms with Crippen LogP contribution in [-0.4, -0.2) is 22.3 Å². The molecule has 0 radical (unpaired) electrons. The van der Waals surface area contributed by atoms with Gasteiger partial charge in [0.05, 0.1) is 6.10 Å². The molecule has 3 aromatic rings. The van der Waals surface area contributed by atoms with Crippen molar-refractivity contribution in [3.05, 3.63) is 71.7 Å². The van der Waals surface area contributed by atoms with E-state index < -0.39 is 6.10 Å². The molecule has 0 saturated carbocycles. The number of hydrogen-bond acceptors (Lipinski definition) is 2. The Labute approximate surface area is 166 Å². The van der Waals surface area contributed by atoms with Crippen molar-refractivity contribution in [1.29, 1.82) is 0 Å². The van der Waals surface area contributed by atoms with Crippen LogP contribution in [0.15, 0.2) is 54.7 Å². The summed E-state index contributed by atoms with van der Waals surface area (Å²) in [6.45, 7) is 3.02. The third-order valence-electron chi connectivity index (χ3n) is 6.07. The third kappa shape index (κ3) is 4.13. The van der Waals surface area contributed by atoms with E-state index in [9.17, 15) is 9.50 Å². The van der Waals surface area contributed by atoms with Gasteiger partial charge in [0, 0.05) is 23.8 Å². The quantitative estimate of drug-likeness (QED) is 0.621.